The van der Waals surface area contributed by atoms with Gasteiger partial charge < -0.3 is 4.40 Å². The van der Waals surface area contributed by atoms with Crippen LogP contribution in [0.5, 0.6) is 0 Å². The second-order valence-electron chi connectivity index (χ2n) is 5.04. The van der Waals surface area contributed by atoms with Crippen LogP contribution in [0, 0.1) is 5.82 Å². The molecule has 0 amide bonds. The molecule has 0 fully saturated rings. The third-order valence-electron chi connectivity index (χ3n) is 3.53. The molecule has 22 heavy (non-hydrogen) atoms. The summed E-state index contributed by atoms with van der Waals surface area (Å²) in [6.07, 6.45) is 5.22. The van der Waals surface area contributed by atoms with Crippen molar-refractivity contribution in [3.8, 4) is 0 Å². The Labute approximate surface area is 124 Å². The lowest BCUT2D eigenvalue weighted by molar-refractivity contribution is 0.629. The van der Waals surface area contributed by atoms with Crippen molar-refractivity contribution in [1.29, 1.82) is 0 Å². The third-order valence-corrected chi connectivity index (χ3v) is 3.53. The Balaban J connectivity index is 1.80. The Bertz CT molecular complexity index is 1020. The van der Waals surface area contributed by atoms with Gasteiger partial charge in [0.1, 0.15) is 11.5 Å². The Morgan fingerprint density at radius 1 is 1.18 bits per heavy atom. The summed E-state index contributed by atoms with van der Waals surface area (Å²) in [7, 11) is 0. The predicted molar refractivity (Wildman–Crippen MR) is 80.3 cm³/mol. The van der Waals surface area contributed by atoms with Gasteiger partial charge in [0.05, 0.1) is 29.5 Å². The van der Waals surface area contributed by atoms with Crippen LogP contribution in [0.25, 0.3) is 16.6 Å². The highest BCUT2D eigenvalue weighted by atomic mass is 19.1. The third kappa shape index (κ3) is 2.05. The molecule has 0 spiro atoms. The number of pyridine rings is 1. The fourth-order valence-electron chi connectivity index (χ4n) is 2.48. The molecule has 0 aliphatic heterocycles. The monoisotopic (exact) mass is 294 g/mol. The van der Waals surface area contributed by atoms with Crippen molar-refractivity contribution < 1.29 is 4.39 Å². The van der Waals surface area contributed by atoms with Crippen LogP contribution in [0.2, 0.25) is 0 Å². The van der Waals surface area contributed by atoms with Gasteiger partial charge in [-0.25, -0.2) is 14.4 Å². The molecule has 3 aromatic heterocycles. The zero-order valence-electron chi connectivity index (χ0n) is 11.5. The summed E-state index contributed by atoms with van der Waals surface area (Å²) < 4.78 is 16.6. The second kappa shape index (κ2) is 4.77. The first-order valence-electron chi connectivity index (χ1n) is 6.78. The van der Waals surface area contributed by atoms with Crippen molar-refractivity contribution in [2.75, 3.05) is 0 Å². The average Bonchev–Trinajstić information content (AvgIpc) is 2.93. The van der Waals surface area contributed by atoms with Crippen LogP contribution >= 0.6 is 0 Å². The smallest absolute Gasteiger partial charge is 0.261 e. The first-order chi connectivity index (χ1) is 10.7. The van der Waals surface area contributed by atoms with Crippen molar-refractivity contribution in [2.24, 2.45) is 0 Å². The molecule has 1 aromatic carbocycles. The van der Waals surface area contributed by atoms with E-state index in [-0.39, 0.29) is 10.9 Å². The molecule has 5 nitrogen and oxygen atoms in total. The van der Waals surface area contributed by atoms with Crippen LogP contribution < -0.4 is 5.56 Å². The van der Waals surface area contributed by atoms with E-state index in [1.165, 1.54) is 29.1 Å². The highest BCUT2D eigenvalue weighted by molar-refractivity contribution is 5.77. The SMILES string of the molecule is O=c1c2cc(F)ccc2ncn1Cc1cn2ccccc2n1. The number of rotatable bonds is 2. The number of hydrogen-bond donors (Lipinski definition) is 0. The van der Waals surface area contributed by atoms with Crippen LogP contribution in [0.3, 0.4) is 0 Å². The van der Waals surface area contributed by atoms with E-state index in [0.29, 0.717) is 12.1 Å². The fourth-order valence-corrected chi connectivity index (χ4v) is 2.48. The largest absolute Gasteiger partial charge is 0.307 e. The fraction of sp³-hybridized carbons (Fsp3) is 0.0625. The van der Waals surface area contributed by atoms with E-state index in [1.54, 1.807) is 0 Å². The first kappa shape index (κ1) is 12.7. The van der Waals surface area contributed by atoms with E-state index in [1.807, 2.05) is 35.0 Å². The molecule has 0 unspecified atom stereocenters. The Morgan fingerprint density at radius 2 is 2.09 bits per heavy atom. The van der Waals surface area contributed by atoms with Crippen molar-refractivity contribution in [3.05, 3.63) is 77.0 Å². The summed E-state index contributed by atoms with van der Waals surface area (Å²) in [6.45, 7) is 0.292. The van der Waals surface area contributed by atoms with Crippen molar-refractivity contribution in [2.45, 2.75) is 6.54 Å². The number of halogens is 1. The number of imidazole rings is 1. The minimum absolute atomic E-state index is 0.270. The second-order valence-corrected chi connectivity index (χ2v) is 5.04. The summed E-state index contributed by atoms with van der Waals surface area (Å²) >= 11 is 0. The number of hydrogen-bond acceptors (Lipinski definition) is 3. The molecule has 4 aromatic rings. The highest BCUT2D eigenvalue weighted by Crippen LogP contribution is 2.10. The molecule has 0 aliphatic rings. The van der Waals surface area contributed by atoms with E-state index in [4.69, 9.17) is 0 Å². The highest BCUT2D eigenvalue weighted by Gasteiger charge is 2.08. The van der Waals surface area contributed by atoms with Crippen molar-refractivity contribution in [3.63, 3.8) is 0 Å². The number of fused-ring (bicyclic) bond motifs is 2. The van der Waals surface area contributed by atoms with E-state index >= 15 is 0 Å². The summed E-state index contributed by atoms with van der Waals surface area (Å²) in [5.41, 5.74) is 1.76. The van der Waals surface area contributed by atoms with Crippen LogP contribution in [0.4, 0.5) is 4.39 Å². The lowest BCUT2D eigenvalue weighted by atomic mass is 10.2. The van der Waals surface area contributed by atoms with Gasteiger partial charge in [-0.2, -0.15) is 0 Å². The van der Waals surface area contributed by atoms with Gasteiger partial charge in [-0.05, 0) is 30.3 Å². The first-order valence-corrected chi connectivity index (χ1v) is 6.78. The lowest BCUT2D eigenvalue weighted by Gasteiger charge is -2.04. The van der Waals surface area contributed by atoms with E-state index < -0.39 is 5.82 Å². The summed E-state index contributed by atoms with van der Waals surface area (Å²) in [4.78, 5) is 21.1. The zero-order chi connectivity index (χ0) is 15.1. The molecular weight excluding hydrogens is 283 g/mol. The number of benzene rings is 1. The van der Waals surface area contributed by atoms with E-state index in [0.717, 1.165) is 11.3 Å². The lowest BCUT2D eigenvalue weighted by Crippen LogP contribution is -2.21. The van der Waals surface area contributed by atoms with Gasteiger partial charge in [0.15, 0.2) is 0 Å². The Morgan fingerprint density at radius 3 is 2.95 bits per heavy atom. The molecule has 0 bridgehead atoms. The van der Waals surface area contributed by atoms with Gasteiger partial charge >= 0.3 is 0 Å². The van der Waals surface area contributed by atoms with Gasteiger partial charge in [0.2, 0.25) is 0 Å². The molecular formula is C16H11FN4O. The quantitative estimate of drug-likeness (QED) is 0.569. The Kier molecular flexibility index (Phi) is 2.75. The molecule has 4 rings (SSSR count). The van der Waals surface area contributed by atoms with Gasteiger partial charge in [-0.3, -0.25) is 9.36 Å². The Hall–Kier alpha value is -3.02. The van der Waals surface area contributed by atoms with Crippen LogP contribution in [0.1, 0.15) is 5.69 Å². The molecule has 108 valence electrons. The van der Waals surface area contributed by atoms with Gasteiger partial charge in [0.25, 0.3) is 5.56 Å². The number of aromatic nitrogens is 4. The van der Waals surface area contributed by atoms with Gasteiger partial charge in [-0.15, -0.1) is 0 Å². The van der Waals surface area contributed by atoms with Crippen LogP contribution in [0.15, 0.2) is 59.9 Å². The minimum Gasteiger partial charge on any atom is -0.307 e. The maximum Gasteiger partial charge on any atom is 0.261 e. The predicted octanol–water partition coefficient (Wildman–Crippen LogP) is 2.23. The molecule has 0 saturated heterocycles. The van der Waals surface area contributed by atoms with Gasteiger partial charge in [0, 0.05) is 12.4 Å². The van der Waals surface area contributed by atoms with E-state index in [2.05, 4.69) is 9.97 Å². The van der Waals surface area contributed by atoms with E-state index in [9.17, 15) is 9.18 Å². The maximum atomic E-state index is 13.3. The average molecular weight is 294 g/mol. The van der Waals surface area contributed by atoms with Crippen molar-refractivity contribution >= 4 is 16.6 Å². The standard InChI is InChI=1S/C16H11FN4O/c17-11-4-5-14-13(7-11)16(22)21(10-18-14)9-12-8-20-6-2-1-3-15(20)19-12/h1-8,10H,9H2. The molecule has 0 saturated carbocycles. The minimum atomic E-state index is -0.447. The summed E-state index contributed by atoms with van der Waals surface area (Å²) in [5.74, 6) is -0.447. The summed E-state index contributed by atoms with van der Waals surface area (Å²) in [6, 6.07) is 9.71. The zero-order valence-corrected chi connectivity index (χ0v) is 11.5. The molecule has 0 N–H and O–H groups in total. The summed E-state index contributed by atoms with van der Waals surface area (Å²) in [5, 5.41) is 0.270. The molecule has 0 radical (unpaired) electrons. The molecule has 3 heterocycles. The van der Waals surface area contributed by atoms with Crippen LogP contribution in [-0.4, -0.2) is 18.9 Å². The maximum absolute atomic E-state index is 13.3. The van der Waals surface area contributed by atoms with Crippen LogP contribution in [-0.2, 0) is 6.54 Å². The topological polar surface area (TPSA) is 52.2 Å². The molecule has 0 atom stereocenters. The van der Waals surface area contributed by atoms with Gasteiger partial charge in [-0.1, -0.05) is 6.07 Å². The number of nitrogens with zero attached hydrogens (tertiary/aromatic N) is 4. The normalized spacial score (nSPS) is 11.3. The molecule has 6 heteroatoms. The molecule has 0 aliphatic carbocycles. The van der Waals surface area contributed by atoms with Crippen molar-refractivity contribution in [1.82, 2.24) is 18.9 Å².